The van der Waals surface area contributed by atoms with Crippen molar-refractivity contribution in [3.8, 4) is 17.3 Å². The summed E-state index contributed by atoms with van der Waals surface area (Å²) in [4.78, 5) is 30.0. The third-order valence-corrected chi connectivity index (χ3v) is 6.33. The van der Waals surface area contributed by atoms with Crippen molar-refractivity contribution in [1.29, 1.82) is 0 Å². The van der Waals surface area contributed by atoms with Gasteiger partial charge in [0.15, 0.2) is 11.8 Å². The molecule has 11 heteroatoms. The average Bonchev–Trinajstić information content (AvgIpc) is 3.71. The van der Waals surface area contributed by atoms with Gasteiger partial charge >= 0.3 is 0 Å². The number of aryl methyl sites for hydroxylation is 1. The van der Waals surface area contributed by atoms with Crippen molar-refractivity contribution >= 4 is 17.5 Å². The number of nitrogens with one attached hydrogen (secondary N) is 1. The number of methoxy groups -OCH3 is 1. The van der Waals surface area contributed by atoms with E-state index in [0.717, 1.165) is 25.7 Å². The van der Waals surface area contributed by atoms with Gasteiger partial charge in [-0.25, -0.2) is 0 Å². The van der Waals surface area contributed by atoms with Crippen molar-refractivity contribution in [3.05, 3.63) is 66.3 Å². The Labute approximate surface area is 213 Å². The van der Waals surface area contributed by atoms with Gasteiger partial charge in [0, 0.05) is 11.7 Å². The highest BCUT2D eigenvalue weighted by Gasteiger charge is 2.36. The first-order valence-electron chi connectivity index (χ1n) is 12.2. The van der Waals surface area contributed by atoms with Gasteiger partial charge in [-0.1, -0.05) is 12.8 Å². The van der Waals surface area contributed by atoms with Crippen LogP contribution in [0.2, 0.25) is 0 Å². The second-order valence-electron chi connectivity index (χ2n) is 8.92. The lowest BCUT2D eigenvalue weighted by Crippen LogP contribution is -2.47. The van der Waals surface area contributed by atoms with E-state index in [1.54, 1.807) is 55.6 Å². The van der Waals surface area contributed by atoms with Gasteiger partial charge < -0.3 is 18.9 Å². The van der Waals surface area contributed by atoms with Crippen molar-refractivity contribution in [3.63, 3.8) is 0 Å². The third-order valence-electron chi connectivity index (χ3n) is 6.33. The second-order valence-corrected chi connectivity index (χ2v) is 8.92. The summed E-state index contributed by atoms with van der Waals surface area (Å²) in [6.45, 7) is 1.56. The maximum Gasteiger partial charge on any atom is 0.251 e. The Morgan fingerprint density at radius 3 is 2.59 bits per heavy atom. The molecule has 1 aliphatic rings. The Morgan fingerprint density at radius 1 is 1.16 bits per heavy atom. The number of furan rings is 2. The number of anilines is 1. The van der Waals surface area contributed by atoms with Crippen LogP contribution in [-0.2, 0) is 16.1 Å². The van der Waals surface area contributed by atoms with Crippen LogP contribution in [0.1, 0.15) is 43.2 Å². The summed E-state index contributed by atoms with van der Waals surface area (Å²) in [5.74, 6) is 1.65. The summed E-state index contributed by atoms with van der Waals surface area (Å²) in [5.41, 5.74) is 0.496. The van der Waals surface area contributed by atoms with Crippen LogP contribution in [0.4, 0.5) is 5.69 Å². The normalized spacial score (nSPS) is 14.4. The van der Waals surface area contributed by atoms with Crippen molar-refractivity contribution < 1.29 is 23.2 Å². The number of nitrogens with zero attached hydrogens (tertiary/aromatic N) is 5. The van der Waals surface area contributed by atoms with Crippen molar-refractivity contribution in [2.75, 3.05) is 12.0 Å². The predicted octanol–water partition coefficient (Wildman–Crippen LogP) is 3.68. The lowest BCUT2D eigenvalue weighted by molar-refractivity contribution is -0.128. The zero-order valence-corrected chi connectivity index (χ0v) is 20.7. The number of amides is 2. The van der Waals surface area contributed by atoms with Crippen LogP contribution in [0.5, 0.6) is 5.75 Å². The maximum atomic E-state index is 13.8. The Morgan fingerprint density at radius 2 is 1.95 bits per heavy atom. The molecule has 1 fully saturated rings. The highest BCUT2D eigenvalue weighted by Crippen LogP contribution is 2.31. The number of hydrogen-bond acceptors (Lipinski definition) is 8. The number of rotatable bonds is 9. The molecule has 2 amide bonds. The molecule has 1 saturated carbocycles. The predicted molar refractivity (Wildman–Crippen MR) is 133 cm³/mol. The molecule has 0 saturated heterocycles. The maximum absolute atomic E-state index is 13.8. The molecule has 1 atom stereocenters. The van der Waals surface area contributed by atoms with Gasteiger partial charge in [0.2, 0.25) is 5.82 Å². The van der Waals surface area contributed by atoms with Gasteiger partial charge in [0.05, 0.1) is 13.4 Å². The molecule has 1 aromatic carbocycles. The Bertz CT molecular complexity index is 1340. The van der Waals surface area contributed by atoms with Crippen molar-refractivity contribution in [1.82, 2.24) is 25.5 Å². The number of hydrogen-bond donors (Lipinski definition) is 1. The molecule has 0 aliphatic heterocycles. The molecule has 11 nitrogen and oxygen atoms in total. The molecule has 1 N–H and O–H groups in total. The molecule has 3 heterocycles. The zero-order valence-electron chi connectivity index (χ0n) is 20.7. The number of tetrazole rings is 1. The standard InChI is InChI=1S/C26H28N6O5/c1-17-9-14-22(37-17)25-28-30-31(29-25)16-23(33)32(19-10-12-20(35-2)13-11-19)24(21-8-5-15-36-21)26(34)27-18-6-3-4-7-18/h5,8-15,18,24H,3-4,6-7,16H2,1-2H3,(H,27,34)/t24-/m1/s1. The summed E-state index contributed by atoms with van der Waals surface area (Å²) in [5, 5.41) is 15.4. The van der Waals surface area contributed by atoms with Crippen molar-refractivity contribution in [2.45, 2.75) is 51.2 Å². The van der Waals surface area contributed by atoms with E-state index in [-0.39, 0.29) is 24.3 Å². The lowest BCUT2D eigenvalue weighted by atomic mass is 10.1. The molecule has 0 bridgehead atoms. The number of aromatic nitrogens is 4. The molecule has 0 radical (unpaired) electrons. The van der Waals surface area contributed by atoms with E-state index < -0.39 is 11.9 Å². The highest BCUT2D eigenvalue weighted by molar-refractivity contribution is 6.01. The fourth-order valence-corrected chi connectivity index (χ4v) is 4.51. The minimum absolute atomic E-state index is 0.0640. The van der Waals surface area contributed by atoms with Crippen LogP contribution < -0.4 is 15.0 Å². The highest BCUT2D eigenvalue weighted by atomic mass is 16.5. The monoisotopic (exact) mass is 504 g/mol. The van der Waals surface area contributed by atoms with Crippen molar-refractivity contribution in [2.24, 2.45) is 0 Å². The molecule has 1 aliphatic carbocycles. The van der Waals surface area contributed by atoms with Crippen LogP contribution in [0.3, 0.4) is 0 Å². The Kier molecular flexibility index (Phi) is 7.02. The van der Waals surface area contributed by atoms with Crippen LogP contribution in [0.25, 0.3) is 11.6 Å². The number of ether oxygens (including phenoxy) is 1. The third kappa shape index (κ3) is 5.40. The van der Waals surface area contributed by atoms with Crippen LogP contribution in [0, 0.1) is 6.92 Å². The van der Waals surface area contributed by atoms with Gasteiger partial charge in [0.25, 0.3) is 11.8 Å². The van der Waals surface area contributed by atoms with Gasteiger partial charge in [0.1, 0.15) is 23.8 Å². The minimum atomic E-state index is -1.03. The number of benzene rings is 1. The van der Waals surface area contributed by atoms with E-state index in [4.69, 9.17) is 13.6 Å². The van der Waals surface area contributed by atoms with Gasteiger partial charge in [-0.15, -0.1) is 10.2 Å². The van der Waals surface area contributed by atoms with E-state index >= 15 is 0 Å². The fourth-order valence-electron chi connectivity index (χ4n) is 4.51. The molecule has 0 unspecified atom stereocenters. The number of carbonyl (C=O) groups is 2. The van der Waals surface area contributed by atoms with Crippen LogP contribution in [-0.4, -0.2) is 45.2 Å². The molecule has 37 heavy (non-hydrogen) atoms. The van der Waals surface area contributed by atoms with Gasteiger partial charge in [-0.05, 0) is 73.5 Å². The van der Waals surface area contributed by atoms with E-state index in [0.29, 0.717) is 28.7 Å². The fraction of sp³-hybridized carbons (Fsp3) is 0.346. The molecule has 0 spiro atoms. The smallest absolute Gasteiger partial charge is 0.251 e. The summed E-state index contributed by atoms with van der Waals surface area (Å²) in [6, 6.07) is 12.9. The van der Waals surface area contributed by atoms with E-state index in [9.17, 15) is 9.59 Å². The quantitative estimate of drug-likeness (QED) is 0.366. The average molecular weight is 505 g/mol. The molecular formula is C26H28N6O5. The largest absolute Gasteiger partial charge is 0.497 e. The topological polar surface area (TPSA) is 129 Å². The first-order chi connectivity index (χ1) is 18.0. The molecule has 4 aromatic rings. The summed E-state index contributed by atoms with van der Waals surface area (Å²) >= 11 is 0. The van der Waals surface area contributed by atoms with E-state index in [2.05, 4.69) is 20.7 Å². The van der Waals surface area contributed by atoms with E-state index in [1.165, 1.54) is 16.0 Å². The van der Waals surface area contributed by atoms with Gasteiger partial charge in [-0.3, -0.25) is 14.5 Å². The molecule has 3 aromatic heterocycles. The SMILES string of the molecule is COc1ccc(N(C(=O)Cn2nnc(-c3ccc(C)o3)n2)[C@@H](C(=O)NC2CCCC2)c2ccco2)cc1. The first kappa shape index (κ1) is 24.3. The Balaban J connectivity index is 1.47. The zero-order chi connectivity index (χ0) is 25.8. The second kappa shape index (κ2) is 10.7. The summed E-state index contributed by atoms with van der Waals surface area (Å²) in [6.07, 6.45) is 5.43. The van der Waals surface area contributed by atoms with Crippen LogP contribution >= 0.6 is 0 Å². The van der Waals surface area contributed by atoms with E-state index in [1.807, 2.05) is 6.92 Å². The first-order valence-corrected chi connectivity index (χ1v) is 12.2. The Hall–Kier alpha value is -4.41. The molecule has 192 valence electrons. The summed E-state index contributed by atoms with van der Waals surface area (Å²) < 4.78 is 16.5. The molecular weight excluding hydrogens is 476 g/mol. The lowest BCUT2D eigenvalue weighted by Gasteiger charge is -2.30. The van der Waals surface area contributed by atoms with Crippen LogP contribution in [0.15, 0.2) is 63.6 Å². The molecule has 5 rings (SSSR count). The van der Waals surface area contributed by atoms with Gasteiger partial charge in [-0.2, -0.15) is 4.80 Å². The summed E-state index contributed by atoms with van der Waals surface area (Å²) in [7, 11) is 1.56. The number of carbonyl (C=O) groups excluding carboxylic acids is 2. The minimum Gasteiger partial charge on any atom is -0.497 e.